The third-order valence-electron chi connectivity index (χ3n) is 3.57. The molecule has 0 bridgehead atoms. The maximum Gasteiger partial charge on any atom is 0.453 e. The minimum atomic E-state index is -4.36. The second kappa shape index (κ2) is 6.03. The Labute approximate surface area is 120 Å². The second-order valence-electron chi connectivity index (χ2n) is 4.96. The number of alkyl halides is 3. The molecule has 8 heteroatoms. The lowest BCUT2D eigenvalue weighted by molar-refractivity contribution is -0.774. The van der Waals surface area contributed by atoms with Gasteiger partial charge < -0.3 is 4.74 Å². The van der Waals surface area contributed by atoms with E-state index in [4.69, 9.17) is 4.74 Å². The highest BCUT2D eigenvalue weighted by Crippen LogP contribution is 2.37. The van der Waals surface area contributed by atoms with E-state index in [1.54, 1.807) is 13.8 Å². The predicted octanol–water partition coefficient (Wildman–Crippen LogP) is 2.57. The van der Waals surface area contributed by atoms with Crippen LogP contribution in [0.4, 0.5) is 18.0 Å². The topological polar surface area (TPSA) is 48.0 Å². The minimum absolute atomic E-state index is 0.00644. The van der Waals surface area contributed by atoms with Gasteiger partial charge in [0.15, 0.2) is 5.92 Å². The van der Waals surface area contributed by atoms with Gasteiger partial charge in [0.1, 0.15) is 6.54 Å². The zero-order valence-corrected chi connectivity index (χ0v) is 12.1. The van der Waals surface area contributed by atoms with Gasteiger partial charge in [-0.25, -0.2) is 4.79 Å². The molecule has 21 heavy (non-hydrogen) atoms. The molecule has 1 unspecified atom stereocenters. The van der Waals surface area contributed by atoms with E-state index in [1.807, 2.05) is 0 Å². The average molecular weight is 306 g/mol. The largest absolute Gasteiger partial charge is 0.453 e. The number of carbonyl (C=O) groups excluding carboxylic acids is 1. The molecule has 0 N–H and O–H groups in total. The molecule has 0 aliphatic carbocycles. The number of aryl methyl sites for hydroxylation is 1. The van der Waals surface area contributed by atoms with Crippen molar-refractivity contribution in [2.45, 2.75) is 58.2 Å². The standard InChI is InChI=1S/C13H19F3N3O2/c1-3-10-17-11-9(13(14,15)16)7-5-6-8-18(11)19(10)12(20)21-4-2/h9H,3-8H2,1-2H3/q+1. The summed E-state index contributed by atoms with van der Waals surface area (Å²) in [4.78, 5) is 16.1. The molecule has 0 saturated carbocycles. The van der Waals surface area contributed by atoms with Crippen LogP contribution in [0.25, 0.3) is 0 Å². The molecule has 118 valence electrons. The molecule has 1 aromatic heterocycles. The second-order valence-corrected chi connectivity index (χ2v) is 4.96. The Balaban J connectivity index is 2.54. The Kier molecular flexibility index (Phi) is 4.53. The van der Waals surface area contributed by atoms with Crippen LogP contribution >= 0.6 is 0 Å². The van der Waals surface area contributed by atoms with Crippen molar-refractivity contribution in [3.05, 3.63) is 11.6 Å². The Morgan fingerprint density at radius 3 is 2.71 bits per heavy atom. The fraction of sp³-hybridized carbons (Fsp3) is 0.769. The quantitative estimate of drug-likeness (QED) is 0.789. The Bertz CT molecular complexity index is 525. The SMILES string of the molecule is CCOC(=O)n1c(CC)nc2[n+]1CCCCC2C(F)(F)F. The van der Waals surface area contributed by atoms with E-state index in [2.05, 4.69) is 4.98 Å². The van der Waals surface area contributed by atoms with Crippen LogP contribution in [-0.4, -0.2) is 28.5 Å². The molecule has 2 rings (SSSR count). The molecule has 0 saturated heterocycles. The van der Waals surface area contributed by atoms with Crippen molar-refractivity contribution in [2.24, 2.45) is 0 Å². The fourth-order valence-corrected chi connectivity index (χ4v) is 2.62. The van der Waals surface area contributed by atoms with Crippen molar-refractivity contribution in [3.8, 4) is 0 Å². The van der Waals surface area contributed by atoms with Crippen LogP contribution in [0.2, 0.25) is 0 Å². The first-order valence-electron chi connectivity index (χ1n) is 7.15. The van der Waals surface area contributed by atoms with Crippen molar-refractivity contribution in [1.82, 2.24) is 9.67 Å². The highest BCUT2D eigenvalue weighted by Gasteiger charge is 2.50. The normalized spacial score (nSPS) is 19.0. The van der Waals surface area contributed by atoms with E-state index < -0.39 is 18.2 Å². The third kappa shape index (κ3) is 3.03. The van der Waals surface area contributed by atoms with Gasteiger partial charge in [0, 0.05) is 6.42 Å². The van der Waals surface area contributed by atoms with E-state index >= 15 is 0 Å². The molecule has 2 heterocycles. The van der Waals surface area contributed by atoms with Crippen LogP contribution in [-0.2, 0) is 17.7 Å². The Morgan fingerprint density at radius 2 is 2.14 bits per heavy atom. The molecule has 0 aromatic carbocycles. The molecule has 0 spiro atoms. The number of halogens is 3. The highest BCUT2D eigenvalue weighted by atomic mass is 19.4. The maximum atomic E-state index is 13.2. The number of ether oxygens (including phenoxy) is 1. The highest BCUT2D eigenvalue weighted by molar-refractivity contribution is 5.68. The van der Waals surface area contributed by atoms with Gasteiger partial charge in [-0.05, 0) is 31.2 Å². The van der Waals surface area contributed by atoms with E-state index in [0.717, 1.165) is 4.68 Å². The van der Waals surface area contributed by atoms with Crippen LogP contribution in [0.3, 0.4) is 0 Å². The van der Waals surface area contributed by atoms with Gasteiger partial charge in [-0.1, -0.05) is 11.6 Å². The molecule has 0 radical (unpaired) electrons. The summed E-state index contributed by atoms with van der Waals surface area (Å²) in [7, 11) is 0. The van der Waals surface area contributed by atoms with Crippen molar-refractivity contribution < 1.29 is 27.4 Å². The number of aromatic nitrogens is 3. The molecule has 5 nitrogen and oxygen atoms in total. The summed E-state index contributed by atoms with van der Waals surface area (Å²) in [5.74, 6) is -1.40. The number of hydrogen-bond acceptors (Lipinski definition) is 3. The third-order valence-corrected chi connectivity index (χ3v) is 3.57. The lowest BCUT2D eigenvalue weighted by atomic mass is 10.0. The van der Waals surface area contributed by atoms with Crippen LogP contribution < -0.4 is 4.68 Å². The van der Waals surface area contributed by atoms with Crippen molar-refractivity contribution in [1.29, 1.82) is 0 Å². The lowest BCUT2D eigenvalue weighted by Gasteiger charge is -2.13. The van der Waals surface area contributed by atoms with Gasteiger partial charge >= 0.3 is 18.1 Å². The lowest BCUT2D eigenvalue weighted by Crippen LogP contribution is -2.50. The maximum absolute atomic E-state index is 13.2. The molecule has 1 aromatic rings. The van der Waals surface area contributed by atoms with Crippen molar-refractivity contribution >= 4 is 6.09 Å². The monoisotopic (exact) mass is 306 g/mol. The minimum Gasteiger partial charge on any atom is -0.447 e. The average Bonchev–Trinajstić information content (AvgIpc) is 2.63. The van der Waals surface area contributed by atoms with Gasteiger partial charge in [-0.2, -0.15) is 13.2 Å². The number of fused-ring (bicyclic) bond motifs is 1. The predicted molar refractivity (Wildman–Crippen MR) is 66.9 cm³/mol. The summed E-state index contributed by atoms with van der Waals surface area (Å²) in [6.45, 7) is 3.91. The number of rotatable bonds is 2. The van der Waals surface area contributed by atoms with E-state index in [9.17, 15) is 18.0 Å². The molecule has 1 aliphatic heterocycles. The van der Waals surface area contributed by atoms with Gasteiger partial charge in [-0.15, -0.1) is 4.68 Å². The number of nitrogens with zero attached hydrogens (tertiary/aromatic N) is 3. The molecular formula is C13H19F3N3O2+. The van der Waals surface area contributed by atoms with Crippen LogP contribution in [0.5, 0.6) is 0 Å². The molecular weight excluding hydrogens is 287 g/mol. The Morgan fingerprint density at radius 1 is 1.43 bits per heavy atom. The summed E-state index contributed by atoms with van der Waals surface area (Å²) in [5.41, 5.74) is 0. The van der Waals surface area contributed by atoms with Gasteiger partial charge in [-0.3, -0.25) is 0 Å². The first-order valence-corrected chi connectivity index (χ1v) is 7.15. The summed E-state index contributed by atoms with van der Waals surface area (Å²) >= 11 is 0. The van der Waals surface area contributed by atoms with E-state index in [0.29, 0.717) is 31.6 Å². The van der Waals surface area contributed by atoms with Gasteiger partial charge in [0.25, 0.3) is 5.82 Å². The molecule has 0 amide bonds. The molecule has 1 aliphatic rings. The summed E-state index contributed by atoms with van der Waals surface area (Å²) in [6, 6.07) is 0. The molecule has 1 atom stereocenters. The summed E-state index contributed by atoms with van der Waals surface area (Å²) in [6.07, 6.45) is -3.62. The molecule has 0 fully saturated rings. The first-order chi connectivity index (χ1) is 9.90. The van der Waals surface area contributed by atoms with Crippen molar-refractivity contribution in [3.63, 3.8) is 0 Å². The van der Waals surface area contributed by atoms with E-state index in [-0.39, 0.29) is 18.9 Å². The van der Waals surface area contributed by atoms with Gasteiger partial charge in [0.2, 0.25) is 0 Å². The first kappa shape index (κ1) is 15.8. The van der Waals surface area contributed by atoms with Crippen LogP contribution in [0, 0.1) is 0 Å². The zero-order chi connectivity index (χ0) is 15.6. The summed E-state index contributed by atoms with van der Waals surface area (Å²) in [5, 5.41) is 0. The summed E-state index contributed by atoms with van der Waals surface area (Å²) < 4.78 is 47.1. The van der Waals surface area contributed by atoms with E-state index in [1.165, 1.54) is 4.68 Å². The van der Waals surface area contributed by atoms with Crippen LogP contribution in [0.1, 0.15) is 50.7 Å². The van der Waals surface area contributed by atoms with Crippen LogP contribution in [0.15, 0.2) is 0 Å². The zero-order valence-electron chi connectivity index (χ0n) is 12.1. The smallest absolute Gasteiger partial charge is 0.447 e. The fourth-order valence-electron chi connectivity index (χ4n) is 2.62. The number of carbonyl (C=O) groups is 1. The Hall–Kier alpha value is -1.60. The van der Waals surface area contributed by atoms with Gasteiger partial charge in [0.05, 0.1) is 6.61 Å². The number of hydrogen-bond donors (Lipinski definition) is 0. The van der Waals surface area contributed by atoms with Crippen molar-refractivity contribution in [2.75, 3.05) is 6.61 Å².